The molecule has 3 aromatic rings. The Balaban J connectivity index is 1.50. The van der Waals surface area contributed by atoms with Crippen molar-refractivity contribution in [3.63, 3.8) is 0 Å². The summed E-state index contributed by atoms with van der Waals surface area (Å²) < 4.78 is 7.32. The first-order valence-corrected chi connectivity index (χ1v) is 10.6. The zero-order valence-electron chi connectivity index (χ0n) is 18.4. The molecule has 0 atom stereocenters. The number of rotatable bonds is 9. The van der Waals surface area contributed by atoms with Crippen LogP contribution in [0.2, 0.25) is 0 Å². The van der Waals surface area contributed by atoms with Crippen LogP contribution in [0.4, 0.5) is 0 Å². The van der Waals surface area contributed by atoms with Crippen LogP contribution >= 0.6 is 0 Å². The van der Waals surface area contributed by atoms with Crippen molar-refractivity contribution >= 4 is 5.96 Å². The Morgan fingerprint density at radius 2 is 2.00 bits per heavy atom. The van der Waals surface area contributed by atoms with Gasteiger partial charge in [0.15, 0.2) is 11.7 Å². The topological polar surface area (TPSA) is 80.3 Å². The van der Waals surface area contributed by atoms with Crippen molar-refractivity contribution in [2.24, 2.45) is 4.99 Å². The van der Waals surface area contributed by atoms with E-state index >= 15 is 0 Å². The summed E-state index contributed by atoms with van der Waals surface area (Å²) in [4.78, 5) is 4.61. The third-order valence-corrected chi connectivity index (χ3v) is 4.84. The average molecular weight is 409 g/mol. The quantitative estimate of drug-likeness (QED) is 0.318. The number of para-hydroxylation sites is 1. The van der Waals surface area contributed by atoms with Crippen LogP contribution in [0.3, 0.4) is 0 Å². The zero-order valence-corrected chi connectivity index (χ0v) is 18.4. The minimum atomic E-state index is 0.354. The maximum absolute atomic E-state index is 5.37. The van der Waals surface area contributed by atoms with Gasteiger partial charge in [-0.3, -0.25) is 0 Å². The van der Waals surface area contributed by atoms with E-state index in [2.05, 4.69) is 71.9 Å². The third-order valence-electron chi connectivity index (χ3n) is 4.84. The van der Waals surface area contributed by atoms with E-state index in [1.807, 2.05) is 28.9 Å². The molecule has 2 N–H and O–H groups in total. The lowest BCUT2D eigenvalue weighted by Crippen LogP contribution is -2.37. The molecule has 3 rings (SSSR count). The van der Waals surface area contributed by atoms with E-state index in [1.165, 1.54) is 5.56 Å². The third kappa shape index (κ3) is 5.95. The molecule has 0 saturated heterocycles. The van der Waals surface area contributed by atoms with Crippen molar-refractivity contribution < 1.29 is 4.52 Å². The minimum Gasteiger partial charge on any atom is -0.359 e. The number of benzene rings is 1. The van der Waals surface area contributed by atoms with Crippen molar-refractivity contribution in [2.45, 2.75) is 53.0 Å². The lowest BCUT2D eigenvalue weighted by Gasteiger charge is -2.10. The standard InChI is InChI=1S/C23H32N6O/c1-5-24-23(26-15-21-14-22(17(2)3)28-30-21)25-13-9-10-19-16-29(27-18(19)4)20-11-7-6-8-12-20/h6-8,11-12,14,16-17H,5,9-10,13,15H2,1-4H3,(H2,24,25,26). The monoisotopic (exact) mass is 408 g/mol. The van der Waals surface area contributed by atoms with Crippen molar-refractivity contribution in [1.82, 2.24) is 25.6 Å². The van der Waals surface area contributed by atoms with Gasteiger partial charge in [-0.15, -0.1) is 0 Å². The Labute approximate surface area is 178 Å². The highest BCUT2D eigenvalue weighted by molar-refractivity contribution is 5.79. The number of aliphatic imine (C=N–C) groups is 1. The van der Waals surface area contributed by atoms with E-state index in [0.717, 1.165) is 54.7 Å². The van der Waals surface area contributed by atoms with E-state index in [9.17, 15) is 0 Å². The Morgan fingerprint density at radius 1 is 1.20 bits per heavy atom. The maximum atomic E-state index is 5.37. The van der Waals surface area contributed by atoms with Crippen LogP contribution in [0.15, 0.2) is 52.1 Å². The molecule has 1 aromatic carbocycles. The number of aromatic nitrogens is 3. The van der Waals surface area contributed by atoms with Gasteiger partial charge in [0.2, 0.25) is 0 Å². The first-order chi connectivity index (χ1) is 14.6. The molecule has 2 heterocycles. The second kappa shape index (κ2) is 10.6. The lowest BCUT2D eigenvalue weighted by molar-refractivity contribution is 0.376. The number of guanidine groups is 1. The van der Waals surface area contributed by atoms with Gasteiger partial charge in [0, 0.05) is 25.4 Å². The van der Waals surface area contributed by atoms with Gasteiger partial charge in [-0.2, -0.15) is 5.10 Å². The van der Waals surface area contributed by atoms with Crippen molar-refractivity contribution in [3.05, 3.63) is 65.3 Å². The summed E-state index contributed by atoms with van der Waals surface area (Å²) in [6, 6.07) is 12.2. The summed E-state index contributed by atoms with van der Waals surface area (Å²) in [7, 11) is 0. The van der Waals surface area contributed by atoms with Crippen molar-refractivity contribution in [2.75, 3.05) is 13.1 Å². The minimum absolute atomic E-state index is 0.354. The smallest absolute Gasteiger partial charge is 0.191 e. The van der Waals surface area contributed by atoms with Gasteiger partial charge >= 0.3 is 0 Å². The molecule has 0 amide bonds. The molecule has 0 unspecified atom stereocenters. The molecule has 2 aromatic heterocycles. The Kier molecular flexibility index (Phi) is 7.65. The van der Waals surface area contributed by atoms with Crippen LogP contribution in [-0.2, 0) is 13.0 Å². The highest BCUT2D eigenvalue weighted by atomic mass is 16.5. The zero-order chi connectivity index (χ0) is 21.3. The number of aryl methyl sites for hydroxylation is 2. The van der Waals surface area contributed by atoms with Crippen LogP contribution in [-0.4, -0.2) is 34.0 Å². The number of hydrogen-bond donors (Lipinski definition) is 2. The number of hydrogen-bond acceptors (Lipinski definition) is 4. The molecule has 0 aliphatic carbocycles. The molecule has 0 bridgehead atoms. The molecule has 0 aliphatic heterocycles. The number of nitrogens with one attached hydrogen (secondary N) is 2. The fourth-order valence-corrected chi connectivity index (χ4v) is 3.11. The molecule has 7 nitrogen and oxygen atoms in total. The summed E-state index contributed by atoms with van der Waals surface area (Å²) in [6.45, 7) is 10.4. The molecule has 0 spiro atoms. The largest absolute Gasteiger partial charge is 0.359 e. The molecule has 0 saturated carbocycles. The SMILES string of the molecule is CCNC(=NCc1cc(C(C)C)no1)NCCCc1cn(-c2ccccc2)nc1C. The lowest BCUT2D eigenvalue weighted by atomic mass is 10.1. The molecular weight excluding hydrogens is 376 g/mol. The van der Waals surface area contributed by atoms with Gasteiger partial charge in [-0.1, -0.05) is 37.2 Å². The fraction of sp³-hybridized carbons (Fsp3) is 0.435. The summed E-state index contributed by atoms with van der Waals surface area (Å²) in [5.74, 6) is 1.92. The first kappa shape index (κ1) is 21.6. The molecule has 160 valence electrons. The predicted molar refractivity (Wildman–Crippen MR) is 120 cm³/mol. The van der Waals surface area contributed by atoms with E-state index in [0.29, 0.717) is 12.5 Å². The normalized spacial score (nSPS) is 11.8. The van der Waals surface area contributed by atoms with Gasteiger partial charge in [-0.25, -0.2) is 9.67 Å². The average Bonchev–Trinajstić information content (AvgIpc) is 3.37. The summed E-state index contributed by atoms with van der Waals surface area (Å²) >= 11 is 0. The van der Waals surface area contributed by atoms with Gasteiger partial charge in [0.05, 0.1) is 17.1 Å². The maximum Gasteiger partial charge on any atom is 0.191 e. The van der Waals surface area contributed by atoms with E-state index in [4.69, 9.17) is 4.52 Å². The van der Waals surface area contributed by atoms with Crippen molar-refractivity contribution in [1.29, 1.82) is 0 Å². The van der Waals surface area contributed by atoms with Gasteiger partial charge in [0.25, 0.3) is 0 Å². The first-order valence-electron chi connectivity index (χ1n) is 10.6. The summed E-state index contributed by atoms with van der Waals surface area (Å²) in [6.07, 6.45) is 4.08. The predicted octanol–water partition coefficient (Wildman–Crippen LogP) is 3.98. The highest BCUT2D eigenvalue weighted by Gasteiger charge is 2.08. The number of nitrogens with zero attached hydrogens (tertiary/aromatic N) is 4. The highest BCUT2D eigenvalue weighted by Crippen LogP contribution is 2.15. The van der Waals surface area contributed by atoms with Crippen LogP contribution < -0.4 is 10.6 Å². The van der Waals surface area contributed by atoms with E-state index in [1.54, 1.807) is 0 Å². The second-order valence-corrected chi connectivity index (χ2v) is 7.62. The molecule has 0 aliphatic rings. The Morgan fingerprint density at radius 3 is 2.70 bits per heavy atom. The van der Waals surface area contributed by atoms with Crippen LogP contribution in [0.25, 0.3) is 5.69 Å². The molecule has 30 heavy (non-hydrogen) atoms. The van der Waals surface area contributed by atoms with Gasteiger partial charge in [0.1, 0.15) is 6.54 Å². The Bertz CT molecular complexity index is 942. The van der Waals surface area contributed by atoms with Gasteiger partial charge < -0.3 is 15.2 Å². The summed E-state index contributed by atoms with van der Waals surface area (Å²) in [5.41, 5.74) is 4.39. The van der Waals surface area contributed by atoms with Crippen molar-refractivity contribution in [3.8, 4) is 5.69 Å². The fourth-order valence-electron chi connectivity index (χ4n) is 3.11. The van der Waals surface area contributed by atoms with E-state index < -0.39 is 0 Å². The second-order valence-electron chi connectivity index (χ2n) is 7.62. The molecular formula is C23H32N6O. The van der Waals surface area contributed by atoms with Crippen LogP contribution in [0.1, 0.15) is 55.8 Å². The Hall–Kier alpha value is -3.09. The molecule has 0 radical (unpaired) electrons. The van der Waals surface area contributed by atoms with Crippen LogP contribution in [0.5, 0.6) is 0 Å². The molecule has 0 fully saturated rings. The molecule has 7 heteroatoms. The summed E-state index contributed by atoms with van der Waals surface area (Å²) in [5, 5.41) is 15.4. The van der Waals surface area contributed by atoms with Gasteiger partial charge in [-0.05, 0) is 50.3 Å². The van der Waals surface area contributed by atoms with Crippen LogP contribution in [0, 0.1) is 6.92 Å². The van der Waals surface area contributed by atoms with E-state index in [-0.39, 0.29) is 0 Å².